The summed E-state index contributed by atoms with van der Waals surface area (Å²) in [5.74, 6) is 0. The van der Waals surface area contributed by atoms with Crippen molar-refractivity contribution in [1.82, 2.24) is 4.98 Å². The van der Waals surface area contributed by atoms with E-state index in [4.69, 9.17) is 5.73 Å². The van der Waals surface area contributed by atoms with Crippen molar-refractivity contribution in [1.29, 1.82) is 0 Å². The highest BCUT2D eigenvalue weighted by Gasteiger charge is 2.30. The summed E-state index contributed by atoms with van der Waals surface area (Å²) in [4.78, 5) is 4.74. The Hall–Kier alpha value is -1.56. The average Bonchev–Trinajstić information content (AvgIpc) is 2.66. The number of nitrogens with two attached hydrogens (primary N) is 1. The number of anilines is 1. The van der Waals surface area contributed by atoms with Gasteiger partial charge >= 0.3 is 6.18 Å². The van der Waals surface area contributed by atoms with Crippen LogP contribution in [0.5, 0.6) is 0 Å². The van der Waals surface area contributed by atoms with E-state index in [1.165, 1.54) is 23.5 Å². The topological polar surface area (TPSA) is 38.9 Å². The Morgan fingerprint density at radius 1 is 1.33 bits per heavy atom. The number of thiazole rings is 1. The van der Waals surface area contributed by atoms with E-state index in [-0.39, 0.29) is 0 Å². The fourth-order valence-electron chi connectivity index (χ4n) is 1.63. The van der Waals surface area contributed by atoms with Crippen molar-refractivity contribution in [3.8, 4) is 0 Å². The molecule has 96 valence electrons. The third-order valence-electron chi connectivity index (χ3n) is 2.61. The number of hydrogen-bond acceptors (Lipinski definition) is 3. The first-order chi connectivity index (χ1) is 8.36. The van der Waals surface area contributed by atoms with Gasteiger partial charge in [-0.3, -0.25) is 0 Å². The second kappa shape index (κ2) is 4.61. The van der Waals surface area contributed by atoms with Gasteiger partial charge in [-0.05, 0) is 30.2 Å². The lowest BCUT2D eigenvalue weighted by molar-refractivity contribution is -0.137. The van der Waals surface area contributed by atoms with Crippen LogP contribution in [0.25, 0.3) is 0 Å². The second-order valence-electron chi connectivity index (χ2n) is 3.98. The lowest BCUT2D eigenvalue weighted by atomic mass is 10.0. The van der Waals surface area contributed by atoms with Gasteiger partial charge < -0.3 is 5.73 Å². The fraction of sp³-hybridized carbons (Fsp3) is 0.250. The number of hydrogen-bond donors (Lipinski definition) is 1. The molecule has 1 aromatic heterocycles. The van der Waals surface area contributed by atoms with Crippen LogP contribution in [0, 0.1) is 6.92 Å². The standard InChI is InChI=1S/C12H11F3N2S/c1-7-2-3-9(12(13,14)15)4-8(7)5-10-6-17-11(16)18-10/h2-4,6H,5H2,1H3,(H2,16,17). The summed E-state index contributed by atoms with van der Waals surface area (Å²) in [7, 11) is 0. The molecule has 0 saturated heterocycles. The summed E-state index contributed by atoms with van der Waals surface area (Å²) in [6, 6.07) is 3.77. The minimum atomic E-state index is -4.31. The number of nitrogen functional groups attached to an aromatic ring is 1. The van der Waals surface area contributed by atoms with E-state index < -0.39 is 11.7 Å². The van der Waals surface area contributed by atoms with Gasteiger partial charge in [-0.1, -0.05) is 6.07 Å². The van der Waals surface area contributed by atoms with Gasteiger partial charge in [-0.2, -0.15) is 13.2 Å². The van der Waals surface area contributed by atoms with Crippen molar-refractivity contribution < 1.29 is 13.2 Å². The first-order valence-electron chi connectivity index (χ1n) is 5.23. The van der Waals surface area contributed by atoms with E-state index in [1.807, 2.05) is 0 Å². The van der Waals surface area contributed by atoms with Gasteiger partial charge in [0.1, 0.15) is 0 Å². The van der Waals surface area contributed by atoms with E-state index in [1.54, 1.807) is 13.1 Å². The third kappa shape index (κ3) is 2.81. The lowest BCUT2D eigenvalue weighted by Crippen LogP contribution is -2.06. The van der Waals surface area contributed by atoms with Crippen molar-refractivity contribution in [2.75, 3.05) is 5.73 Å². The number of aromatic nitrogens is 1. The monoisotopic (exact) mass is 272 g/mol. The first-order valence-corrected chi connectivity index (χ1v) is 6.05. The molecule has 2 N–H and O–H groups in total. The molecule has 0 radical (unpaired) electrons. The molecule has 1 aromatic carbocycles. The Morgan fingerprint density at radius 3 is 2.61 bits per heavy atom. The zero-order valence-electron chi connectivity index (χ0n) is 9.58. The van der Waals surface area contributed by atoms with Gasteiger partial charge in [0.2, 0.25) is 0 Å². The number of alkyl halides is 3. The van der Waals surface area contributed by atoms with E-state index in [0.29, 0.717) is 17.1 Å². The summed E-state index contributed by atoms with van der Waals surface area (Å²) >= 11 is 1.29. The van der Waals surface area contributed by atoms with Crippen molar-refractivity contribution >= 4 is 16.5 Å². The van der Waals surface area contributed by atoms with Crippen LogP contribution in [-0.2, 0) is 12.6 Å². The fourth-order valence-corrected chi connectivity index (χ4v) is 2.34. The molecular weight excluding hydrogens is 261 g/mol. The van der Waals surface area contributed by atoms with Crippen LogP contribution >= 0.6 is 11.3 Å². The predicted molar refractivity (Wildman–Crippen MR) is 65.5 cm³/mol. The van der Waals surface area contributed by atoms with Crippen LogP contribution in [0.3, 0.4) is 0 Å². The number of aryl methyl sites for hydroxylation is 1. The SMILES string of the molecule is Cc1ccc(C(F)(F)F)cc1Cc1cnc(N)s1. The molecule has 0 spiro atoms. The third-order valence-corrected chi connectivity index (χ3v) is 3.44. The Kier molecular flexibility index (Phi) is 3.30. The minimum Gasteiger partial charge on any atom is -0.375 e. The molecule has 1 heterocycles. The quantitative estimate of drug-likeness (QED) is 0.906. The highest BCUT2D eigenvalue weighted by Crippen LogP contribution is 2.31. The van der Waals surface area contributed by atoms with Crippen LogP contribution in [0.1, 0.15) is 21.6 Å². The molecular formula is C12H11F3N2S. The molecule has 0 aliphatic heterocycles. The lowest BCUT2D eigenvalue weighted by Gasteiger charge is -2.10. The molecule has 18 heavy (non-hydrogen) atoms. The largest absolute Gasteiger partial charge is 0.416 e. The molecule has 6 heteroatoms. The molecule has 0 fully saturated rings. The first kappa shape index (κ1) is 12.9. The molecule has 0 unspecified atom stereocenters. The maximum absolute atomic E-state index is 12.6. The Labute approximate surface area is 106 Å². The second-order valence-corrected chi connectivity index (χ2v) is 5.13. The number of rotatable bonds is 2. The highest BCUT2D eigenvalue weighted by molar-refractivity contribution is 7.15. The summed E-state index contributed by atoms with van der Waals surface area (Å²) in [5.41, 5.74) is 6.35. The zero-order valence-corrected chi connectivity index (χ0v) is 10.4. The minimum absolute atomic E-state index is 0.421. The molecule has 0 amide bonds. The van der Waals surface area contributed by atoms with Gasteiger partial charge in [0, 0.05) is 17.5 Å². The van der Waals surface area contributed by atoms with E-state index in [9.17, 15) is 13.2 Å². The van der Waals surface area contributed by atoms with Gasteiger partial charge in [-0.15, -0.1) is 11.3 Å². The maximum Gasteiger partial charge on any atom is 0.416 e. The molecule has 2 aromatic rings. The molecule has 2 rings (SSSR count). The molecule has 0 aliphatic rings. The van der Waals surface area contributed by atoms with Crippen molar-refractivity contribution in [2.24, 2.45) is 0 Å². The van der Waals surface area contributed by atoms with Crippen LogP contribution in [-0.4, -0.2) is 4.98 Å². The van der Waals surface area contributed by atoms with Crippen molar-refractivity contribution in [3.05, 3.63) is 46.0 Å². The molecule has 0 saturated carbocycles. The van der Waals surface area contributed by atoms with Crippen molar-refractivity contribution in [3.63, 3.8) is 0 Å². The zero-order chi connectivity index (χ0) is 13.3. The average molecular weight is 272 g/mol. The maximum atomic E-state index is 12.6. The van der Waals surface area contributed by atoms with E-state index in [2.05, 4.69) is 4.98 Å². The smallest absolute Gasteiger partial charge is 0.375 e. The van der Waals surface area contributed by atoms with Crippen molar-refractivity contribution in [2.45, 2.75) is 19.5 Å². The molecule has 0 aliphatic carbocycles. The van der Waals surface area contributed by atoms with E-state index in [0.717, 1.165) is 16.5 Å². The van der Waals surface area contributed by atoms with Crippen LogP contribution in [0.2, 0.25) is 0 Å². The molecule has 0 atom stereocenters. The van der Waals surface area contributed by atoms with Crippen LogP contribution < -0.4 is 5.73 Å². The van der Waals surface area contributed by atoms with Gasteiger partial charge in [0.25, 0.3) is 0 Å². The Morgan fingerprint density at radius 2 is 2.06 bits per heavy atom. The van der Waals surface area contributed by atoms with Gasteiger partial charge in [0.15, 0.2) is 5.13 Å². The van der Waals surface area contributed by atoms with Gasteiger partial charge in [0.05, 0.1) is 5.56 Å². The van der Waals surface area contributed by atoms with Gasteiger partial charge in [-0.25, -0.2) is 4.98 Å². The number of halogens is 3. The number of nitrogens with zero attached hydrogens (tertiary/aromatic N) is 1. The summed E-state index contributed by atoms with van der Waals surface area (Å²) in [6.45, 7) is 1.79. The number of benzene rings is 1. The van der Waals surface area contributed by atoms with Crippen LogP contribution in [0.4, 0.5) is 18.3 Å². The van der Waals surface area contributed by atoms with E-state index >= 15 is 0 Å². The van der Waals surface area contributed by atoms with Crippen LogP contribution in [0.15, 0.2) is 24.4 Å². The highest BCUT2D eigenvalue weighted by atomic mass is 32.1. The normalized spacial score (nSPS) is 11.8. The Bertz CT molecular complexity index is 561. The Balaban J connectivity index is 2.32. The molecule has 0 bridgehead atoms. The summed E-state index contributed by atoms with van der Waals surface area (Å²) in [6.07, 6.45) is -2.29. The summed E-state index contributed by atoms with van der Waals surface area (Å²) in [5, 5.41) is 0.426. The molecule has 2 nitrogen and oxygen atoms in total. The predicted octanol–water partition coefficient (Wildman–Crippen LogP) is 3.64. The summed E-state index contributed by atoms with van der Waals surface area (Å²) < 4.78 is 37.8.